The van der Waals surface area contributed by atoms with Crippen molar-refractivity contribution in [3.05, 3.63) is 65.5 Å². The second-order valence-electron chi connectivity index (χ2n) is 6.50. The number of likely N-dealkylation sites (N-methyl/N-ethyl adjacent to an activating group) is 1. The van der Waals surface area contributed by atoms with Crippen LogP contribution in [0.1, 0.15) is 21.7 Å². The fraction of sp³-hybridized carbons (Fsp3) is 0.286. The summed E-state index contributed by atoms with van der Waals surface area (Å²) in [6.07, 6.45) is 0. The third-order valence-electron chi connectivity index (χ3n) is 4.44. The Morgan fingerprint density at radius 1 is 1.11 bits per heavy atom. The van der Waals surface area contributed by atoms with Crippen LogP contribution in [0.15, 0.2) is 48.5 Å². The summed E-state index contributed by atoms with van der Waals surface area (Å²) in [5, 5.41) is 8.25. The predicted octanol–water partition coefficient (Wildman–Crippen LogP) is 3.04. The molecule has 0 aliphatic heterocycles. The zero-order chi connectivity index (χ0) is 20.1. The van der Waals surface area contributed by atoms with Crippen LogP contribution in [0.4, 0.5) is 0 Å². The van der Waals surface area contributed by atoms with Gasteiger partial charge in [0.15, 0.2) is 17.2 Å². The highest BCUT2D eigenvalue weighted by molar-refractivity contribution is 5.93. The maximum atomic E-state index is 12.8. The molecule has 3 aromatic rings. The fourth-order valence-electron chi connectivity index (χ4n) is 2.84. The van der Waals surface area contributed by atoms with E-state index in [0.717, 1.165) is 11.3 Å². The van der Waals surface area contributed by atoms with Crippen molar-refractivity contribution >= 4 is 5.91 Å². The van der Waals surface area contributed by atoms with E-state index in [2.05, 4.69) is 10.3 Å². The average Bonchev–Trinajstić information content (AvgIpc) is 3.09. The van der Waals surface area contributed by atoms with Gasteiger partial charge in [0.25, 0.3) is 5.91 Å². The van der Waals surface area contributed by atoms with Gasteiger partial charge >= 0.3 is 0 Å². The van der Waals surface area contributed by atoms with Crippen LogP contribution in [0.3, 0.4) is 0 Å². The van der Waals surface area contributed by atoms with Crippen LogP contribution in [0.25, 0.3) is 5.69 Å². The van der Waals surface area contributed by atoms with Crippen LogP contribution in [-0.2, 0) is 0 Å². The summed E-state index contributed by atoms with van der Waals surface area (Å²) in [7, 11) is 3.32. The van der Waals surface area contributed by atoms with Crippen molar-refractivity contribution < 1.29 is 14.3 Å². The maximum Gasteiger partial charge on any atom is 0.276 e. The van der Waals surface area contributed by atoms with Crippen molar-refractivity contribution in [3.63, 3.8) is 0 Å². The lowest BCUT2D eigenvalue weighted by atomic mass is 10.2. The number of carbonyl (C=O) groups excluding carboxylic acids is 1. The molecule has 1 heterocycles. The molecule has 0 saturated heterocycles. The molecule has 1 aromatic heterocycles. The number of methoxy groups -OCH3 is 1. The van der Waals surface area contributed by atoms with E-state index in [1.807, 2.05) is 62.4 Å². The molecular weight excluding hydrogens is 356 g/mol. The van der Waals surface area contributed by atoms with Gasteiger partial charge in [-0.25, -0.2) is 4.68 Å². The molecule has 0 atom stereocenters. The third-order valence-corrected chi connectivity index (χ3v) is 4.44. The molecular formula is C21H24N4O3. The topological polar surface area (TPSA) is 69.5 Å². The molecule has 1 amide bonds. The van der Waals surface area contributed by atoms with Crippen LogP contribution in [0, 0.1) is 13.8 Å². The highest BCUT2D eigenvalue weighted by atomic mass is 16.5. The number of amides is 1. The van der Waals surface area contributed by atoms with Crippen LogP contribution >= 0.6 is 0 Å². The molecule has 0 bridgehead atoms. The highest BCUT2D eigenvalue weighted by Crippen LogP contribution is 2.25. The fourth-order valence-corrected chi connectivity index (χ4v) is 2.84. The summed E-state index contributed by atoms with van der Waals surface area (Å²) >= 11 is 0. The first-order valence-electron chi connectivity index (χ1n) is 9.02. The van der Waals surface area contributed by atoms with Crippen molar-refractivity contribution in [2.75, 3.05) is 27.3 Å². The number of carbonyl (C=O) groups is 1. The molecule has 0 fully saturated rings. The van der Waals surface area contributed by atoms with Gasteiger partial charge < -0.3 is 14.4 Å². The highest BCUT2D eigenvalue weighted by Gasteiger charge is 2.21. The van der Waals surface area contributed by atoms with Crippen LogP contribution in [-0.4, -0.2) is 53.1 Å². The Bertz CT molecular complexity index is 968. The van der Waals surface area contributed by atoms with Gasteiger partial charge in [0, 0.05) is 7.05 Å². The number of rotatable bonds is 7. The Kier molecular flexibility index (Phi) is 5.93. The summed E-state index contributed by atoms with van der Waals surface area (Å²) in [6, 6.07) is 15.3. The first-order chi connectivity index (χ1) is 13.5. The summed E-state index contributed by atoms with van der Waals surface area (Å²) in [4.78, 5) is 14.3. The van der Waals surface area contributed by atoms with Gasteiger partial charge in [-0.3, -0.25) is 4.79 Å². The minimum absolute atomic E-state index is 0.194. The number of aryl methyl sites for hydroxylation is 1. The van der Waals surface area contributed by atoms with Crippen molar-refractivity contribution in [1.82, 2.24) is 19.9 Å². The molecule has 28 heavy (non-hydrogen) atoms. The zero-order valence-corrected chi connectivity index (χ0v) is 16.5. The van der Waals surface area contributed by atoms with E-state index in [4.69, 9.17) is 9.47 Å². The largest absolute Gasteiger partial charge is 0.493 e. The van der Waals surface area contributed by atoms with E-state index in [0.29, 0.717) is 36.0 Å². The first-order valence-corrected chi connectivity index (χ1v) is 9.02. The van der Waals surface area contributed by atoms with Crippen molar-refractivity contribution in [1.29, 1.82) is 0 Å². The van der Waals surface area contributed by atoms with E-state index in [1.165, 1.54) is 0 Å². The minimum Gasteiger partial charge on any atom is -0.493 e. The average molecular weight is 380 g/mol. The van der Waals surface area contributed by atoms with E-state index in [1.54, 1.807) is 23.7 Å². The quantitative estimate of drug-likeness (QED) is 0.630. The standard InChI is InChI=1S/C21H24N4O3/c1-15-8-7-9-17(14-15)25-16(2)20(22-23-25)21(26)24(3)12-13-28-19-11-6-5-10-18(19)27-4/h5-11,14H,12-13H2,1-4H3. The first kappa shape index (κ1) is 19.4. The smallest absolute Gasteiger partial charge is 0.276 e. The second kappa shape index (κ2) is 8.56. The molecule has 7 nitrogen and oxygen atoms in total. The summed E-state index contributed by atoms with van der Waals surface area (Å²) in [6.45, 7) is 4.60. The number of para-hydroxylation sites is 2. The number of aromatic nitrogens is 3. The van der Waals surface area contributed by atoms with Crippen molar-refractivity contribution in [2.24, 2.45) is 0 Å². The normalized spacial score (nSPS) is 10.6. The van der Waals surface area contributed by atoms with Gasteiger partial charge in [0.05, 0.1) is 25.0 Å². The minimum atomic E-state index is -0.194. The molecule has 0 saturated carbocycles. The monoisotopic (exact) mass is 380 g/mol. The predicted molar refractivity (Wildman–Crippen MR) is 106 cm³/mol. The summed E-state index contributed by atoms with van der Waals surface area (Å²) in [5.74, 6) is 1.11. The van der Waals surface area contributed by atoms with Crippen molar-refractivity contribution in [2.45, 2.75) is 13.8 Å². The molecule has 146 valence electrons. The molecule has 0 aliphatic carbocycles. The van der Waals surface area contributed by atoms with Gasteiger partial charge in [-0.2, -0.15) is 0 Å². The van der Waals surface area contributed by atoms with Gasteiger partial charge in [0.1, 0.15) is 6.61 Å². The summed E-state index contributed by atoms with van der Waals surface area (Å²) in [5.41, 5.74) is 3.03. The lowest BCUT2D eigenvalue weighted by Gasteiger charge is -2.17. The number of benzene rings is 2. The number of hydrogen-bond donors (Lipinski definition) is 0. The number of nitrogens with zero attached hydrogens (tertiary/aromatic N) is 4. The lowest BCUT2D eigenvalue weighted by Crippen LogP contribution is -2.31. The van der Waals surface area contributed by atoms with Gasteiger partial charge in [0.2, 0.25) is 0 Å². The molecule has 3 rings (SSSR count). The van der Waals surface area contributed by atoms with Crippen LogP contribution < -0.4 is 9.47 Å². The van der Waals surface area contributed by atoms with Gasteiger partial charge in [-0.05, 0) is 43.7 Å². The van der Waals surface area contributed by atoms with Gasteiger partial charge in [-0.1, -0.05) is 29.5 Å². The Hall–Kier alpha value is -3.35. The van der Waals surface area contributed by atoms with Crippen LogP contribution in [0.2, 0.25) is 0 Å². The number of ether oxygens (including phenoxy) is 2. The Labute approximate surface area is 164 Å². The molecule has 0 radical (unpaired) electrons. The number of hydrogen-bond acceptors (Lipinski definition) is 5. The van der Waals surface area contributed by atoms with E-state index in [-0.39, 0.29) is 5.91 Å². The molecule has 2 aromatic carbocycles. The zero-order valence-electron chi connectivity index (χ0n) is 16.5. The molecule has 0 unspecified atom stereocenters. The maximum absolute atomic E-state index is 12.8. The van der Waals surface area contributed by atoms with Crippen molar-refractivity contribution in [3.8, 4) is 17.2 Å². The van der Waals surface area contributed by atoms with E-state index >= 15 is 0 Å². The Morgan fingerprint density at radius 2 is 1.86 bits per heavy atom. The lowest BCUT2D eigenvalue weighted by molar-refractivity contribution is 0.0766. The molecule has 0 spiro atoms. The summed E-state index contributed by atoms with van der Waals surface area (Å²) < 4.78 is 12.7. The third kappa shape index (κ3) is 4.14. The molecule has 7 heteroatoms. The van der Waals surface area contributed by atoms with Crippen LogP contribution in [0.5, 0.6) is 11.5 Å². The van der Waals surface area contributed by atoms with E-state index < -0.39 is 0 Å². The molecule has 0 N–H and O–H groups in total. The molecule has 0 aliphatic rings. The Balaban J connectivity index is 1.65. The van der Waals surface area contributed by atoms with Gasteiger partial charge in [-0.15, -0.1) is 5.10 Å². The second-order valence-corrected chi connectivity index (χ2v) is 6.50. The van der Waals surface area contributed by atoms with E-state index in [9.17, 15) is 4.79 Å². The Morgan fingerprint density at radius 3 is 2.57 bits per heavy atom. The SMILES string of the molecule is COc1ccccc1OCCN(C)C(=O)c1nnn(-c2cccc(C)c2)c1C.